The highest BCUT2D eigenvalue weighted by Gasteiger charge is 2.41. The van der Waals surface area contributed by atoms with E-state index < -0.39 is 36.8 Å². The molecule has 0 fully saturated rings. The van der Waals surface area contributed by atoms with Crippen molar-refractivity contribution in [1.29, 1.82) is 0 Å². The summed E-state index contributed by atoms with van der Waals surface area (Å²) in [5.74, 6) is -5.74. The third-order valence-corrected chi connectivity index (χ3v) is 4.29. The third kappa shape index (κ3) is 6.94. The van der Waals surface area contributed by atoms with Crippen LogP contribution in [-0.4, -0.2) is 41.8 Å². The van der Waals surface area contributed by atoms with Gasteiger partial charge < -0.3 is 15.4 Å². The summed E-state index contributed by atoms with van der Waals surface area (Å²) >= 11 is 0. The lowest BCUT2D eigenvalue weighted by atomic mass is 10.0. The van der Waals surface area contributed by atoms with Crippen LogP contribution in [0.1, 0.15) is 29.8 Å². The second kappa shape index (κ2) is 10.2. The molecule has 2 aromatic rings. The lowest BCUT2D eigenvalue weighted by Gasteiger charge is -2.22. The van der Waals surface area contributed by atoms with Gasteiger partial charge in [0.25, 0.3) is 5.91 Å². The summed E-state index contributed by atoms with van der Waals surface area (Å²) in [6.45, 7) is 3.89. The first-order chi connectivity index (χ1) is 14.5. The zero-order valence-corrected chi connectivity index (χ0v) is 17.2. The maximum Gasteiger partial charge on any atom is 0.340 e. The number of carbonyl (C=O) groups excluding carboxylic acids is 2. The Hall–Kier alpha value is -3.17. The number of anilines is 1. The molecule has 168 valence electrons. The molecule has 0 bridgehead atoms. The van der Waals surface area contributed by atoms with Crippen LogP contribution >= 0.6 is 0 Å². The number of hydrogen-bond donors (Lipinski definition) is 2. The number of nitrogens with one attached hydrogen (secondary N) is 2. The van der Waals surface area contributed by atoms with Crippen molar-refractivity contribution < 1.29 is 31.9 Å². The molecule has 1 atom stereocenters. The van der Waals surface area contributed by atoms with E-state index in [4.69, 9.17) is 0 Å². The monoisotopic (exact) mass is 441 g/mol. The number of ether oxygens (including phenoxy) is 1. The number of aryl methyl sites for hydroxylation is 1. The van der Waals surface area contributed by atoms with E-state index in [2.05, 4.69) is 20.4 Å². The van der Waals surface area contributed by atoms with Crippen LogP contribution < -0.4 is 15.4 Å². The third-order valence-electron chi connectivity index (χ3n) is 4.29. The standard InChI is InChI=1S/C21H23F4N3O3/c1-12(2)17(28-18(29)14-6-4-13(3)5-7-14)19(30)27-15-8-9-16(26-10-15)31-11-21(24,25)20(22)23/h4-10,12,17,20H,11H2,1-3H3,(H,27,30)(H,28,29). The minimum Gasteiger partial charge on any atom is -0.471 e. The molecule has 2 rings (SSSR count). The van der Waals surface area contributed by atoms with Crippen molar-refractivity contribution in [3.63, 3.8) is 0 Å². The lowest BCUT2D eigenvalue weighted by molar-refractivity contribution is -0.148. The van der Waals surface area contributed by atoms with E-state index in [9.17, 15) is 27.2 Å². The van der Waals surface area contributed by atoms with E-state index in [1.165, 1.54) is 6.07 Å². The lowest BCUT2D eigenvalue weighted by Crippen LogP contribution is -2.47. The molecule has 2 N–H and O–H groups in total. The van der Waals surface area contributed by atoms with Crippen LogP contribution in [-0.2, 0) is 4.79 Å². The Labute approximate surface area is 177 Å². The molecule has 1 unspecified atom stereocenters. The van der Waals surface area contributed by atoms with Crippen LogP contribution in [0.15, 0.2) is 42.6 Å². The van der Waals surface area contributed by atoms with Crippen molar-refractivity contribution in [2.45, 2.75) is 39.2 Å². The van der Waals surface area contributed by atoms with Crippen molar-refractivity contribution in [3.8, 4) is 5.88 Å². The van der Waals surface area contributed by atoms with Crippen molar-refractivity contribution in [3.05, 3.63) is 53.7 Å². The first-order valence-corrected chi connectivity index (χ1v) is 9.43. The molecule has 0 saturated heterocycles. The number of rotatable bonds is 9. The molecular formula is C21H23F4N3O3. The van der Waals surface area contributed by atoms with Gasteiger partial charge in [-0.2, -0.15) is 8.78 Å². The van der Waals surface area contributed by atoms with Crippen LogP contribution in [0.2, 0.25) is 0 Å². The molecule has 0 radical (unpaired) electrons. The van der Waals surface area contributed by atoms with E-state index in [1.54, 1.807) is 38.1 Å². The Morgan fingerprint density at radius 1 is 1.10 bits per heavy atom. The molecule has 0 aliphatic heterocycles. The van der Waals surface area contributed by atoms with Gasteiger partial charge in [0.05, 0.1) is 11.9 Å². The van der Waals surface area contributed by atoms with Crippen molar-refractivity contribution in [2.24, 2.45) is 5.92 Å². The van der Waals surface area contributed by atoms with Crippen molar-refractivity contribution in [1.82, 2.24) is 10.3 Å². The highest BCUT2D eigenvalue weighted by atomic mass is 19.3. The first kappa shape index (κ1) is 24.1. The molecule has 1 aromatic carbocycles. The molecule has 31 heavy (non-hydrogen) atoms. The van der Waals surface area contributed by atoms with Gasteiger partial charge in [0.2, 0.25) is 11.8 Å². The summed E-state index contributed by atoms with van der Waals surface area (Å²) in [6, 6.07) is 8.50. The van der Waals surface area contributed by atoms with Crippen LogP contribution in [0.5, 0.6) is 5.88 Å². The first-order valence-electron chi connectivity index (χ1n) is 9.43. The number of amides is 2. The van der Waals surface area contributed by atoms with Gasteiger partial charge in [-0.25, -0.2) is 13.8 Å². The molecular weight excluding hydrogens is 418 g/mol. The predicted molar refractivity (Wildman–Crippen MR) is 107 cm³/mol. The Bertz CT molecular complexity index is 888. The van der Waals surface area contributed by atoms with E-state index in [1.807, 2.05) is 6.92 Å². The predicted octanol–water partition coefficient (Wildman–Crippen LogP) is 4.06. The smallest absolute Gasteiger partial charge is 0.340 e. The number of alkyl halides is 4. The molecule has 6 nitrogen and oxygen atoms in total. The SMILES string of the molecule is Cc1ccc(C(=O)NC(C(=O)Nc2ccc(OCC(F)(F)C(F)F)nc2)C(C)C)cc1. The normalized spacial score (nSPS) is 12.5. The van der Waals surface area contributed by atoms with Gasteiger partial charge in [0.1, 0.15) is 6.04 Å². The van der Waals surface area contributed by atoms with Gasteiger partial charge in [-0.05, 0) is 31.0 Å². The number of pyridine rings is 1. The largest absolute Gasteiger partial charge is 0.471 e. The molecule has 2 amide bonds. The van der Waals surface area contributed by atoms with E-state index in [0.29, 0.717) is 5.56 Å². The van der Waals surface area contributed by atoms with Crippen LogP contribution in [0.3, 0.4) is 0 Å². The van der Waals surface area contributed by atoms with Crippen molar-refractivity contribution >= 4 is 17.5 Å². The number of aromatic nitrogens is 1. The number of hydrogen-bond acceptors (Lipinski definition) is 4. The zero-order chi connectivity index (χ0) is 23.2. The quantitative estimate of drug-likeness (QED) is 0.575. The summed E-state index contributed by atoms with van der Waals surface area (Å²) in [4.78, 5) is 28.8. The van der Waals surface area contributed by atoms with Crippen LogP contribution in [0, 0.1) is 12.8 Å². The summed E-state index contributed by atoms with van der Waals surface area (Å²) in [7, 11) is 0. The summed E-state index contributed by atoms with van der Waals surface area (Å²) in [6.07, 6.45) is -2.72. The number of carbonyl (C=O) groups is 2. The fraction of sp³-hybridized carbons (Fsp3) is 0.381. The van der Waals surface area contributed by atoms with Crippen LogP contribution in [0.25, 0.3) is 0 Å². The second-order valence-corrected chi connectivity index (χ2v) is 7.29. The van der Waals surface area contributed by atoms with Gasteiger partial charge in [-0.15, -0.1) is 0 Å². The molecule has 1 aromatic heterocycles. The van der Waals surface area contributed by atoms with Gasteiger partial charge in [-0.3, -0.25) is 9.59 Å². The minimum absolute atomic E-state index is 0.216. The van der Waals surface area contributed by atoms with E-state index >= 15 is 0 Å². The molecule has 10 heteroatoms. The topological polar surface area (TPSA) is 80.3 Å². The van der Waals surface area contributed by atoms with Gasteiger partial charge in [0, 0.05) is 11.6 Å². The average molecular weight is 441 g/mol. The molecule has 1 heterocycles. The molecule has 0 aliphatic carbocycles. The van der Waals surface area contributed by atoms with Crippen LogP contribution in [0.4, 0.5) is 23.2 Å². The van der Waals surface area contributed by atoms with Crippen molar-refractivity contribution in [2.75, 3.05) is 11.9 Å². The van der Waals surface area contributed by atoms with E-state index in [-0.39, 0.29) is 17.5 Å². The molecule has 0 aliphatic rings. The summed E-state index contributed by atoms with van der Waals surface area (Å²) < 4.78 is 54.7. The van der Waals surface area contributed by atoms with Gasteiger partial charge in [0.15, 0.2) is 6.61 Å². The zero-order valence-electron chi connectivity index (χ0n) is 17.2. The Morgan fingerprint density at radius 2 is 1.74 bits per heavy atom. The number of halogens is 4. The summed E-state index contributed by atoms with van der Waals surface area (Å²) in [5.41, 5.74) is 1.62. The summed E-state index contributed by atoms with van der Waals surface area (Å²) in [5, 5.41) is 5.25. The Kier molecular flexibility index (Phi) is 7.95. The van der Waals surface area contributed by atoms with E-state index in [0.717, 1.165) is 17.8 Å². The number of nitrogens with zero attached hydrogens (tertiary/aromatic N) is 1. The fourth-order valence-corrected chi connectivity index (χ4v) is 2.46. The Balaban J connectivity index is 1.99. The highest BCUT2D eigenvalue weighted by molar-refractivity contribution is 6.01. The molecule has 0 saturated carbocycles. The average Bonchev–Trinajstić information content (AvgIpc) is 2.71. The maximum absolute atomic E-state index is 12.9. The highest BCUT2D eigenvalue weighted by Crippen LogP contribution is 2.24. The number of benzene rings is 1. The fourth-order valence-electron chi connectivity index (χ4n) is 2.46. The van der Waals surface area contributed by atoms with Gasteiger partial charge in [-0.1, -0.05) is 31.5 Å². The minimum atomic E-state index is -4.30. The Morgan fingerprint density at radius 3 is 2.26 bits per heavy atom. The van der Waals surface area contributed by atoms with Gasteiger partial charge >= 0.3 is 12.3 Å². The molecule has 0 spiro atoms. The maximum atomic E-state index is 12.9. The second-order valence-electron chi connectivity index (χ2n) is 7.29.